The molecule has 26 heavy (non-hydrogen) atoms. The van der Waals surface area contributed by atoms with Crippen LogP contribution in [0.3, 0.4) is 0 Å². The molecule has 6 heteroatoms. The Balaban J connectivity index is 2.16. The molecule has 0 heterocycles. The van der Waals surface area contributed by atoms with Crippen LogP contribution in [-0.4, -0.2) is 31.6 Å². The first-order chi connectivity index (χ1) is 12.4. The molecule has 2 rings (SSSR count). The molecule has 2 aromatic rings. The molecular weight excluding hydrogens is 328 g/mol. The molecule has 138 valence electrons. The highest BCUT2D eigenvalue weighted by molar-refractivity contribution is 6.10. The van der Waals surface area contributed by atoms with Crippen molar-refractivity contribution >= 4 is 29.0 Å². The molecule has 2 aromatic carbocycles. The molecular formula is C20H26N4O2. The van der Waals surface area contributed by atoms with Gasteiger partial charge in [-0.15, -0.1) is 0 Å². The van der Waals surface area contributed by atoms with Crippen LogP contribution < -0.4 is 20.9 Å². The molecule has 0 unspecified atom stereocenters. The minimum absolute atomic E-state index is 0.00860. The number of anilines is 3. The van der Waals surface area contributed by atoms with Crippen LogP contribution in [0, 0.1) is 0 Å². The average Bonchev–Trinajstić information content (AvgIpc) is 2.61. The average molecular weight is 354 g/mol. The van der Waals surface area contributed by atoms with E-state index in [9.17, 15) is 9.59 Å². The predicted octanol–water partition coefficient (Wildman–Crippen LogP) is 3.92. The number of nitrogens with zero attached hydrogens (tertiary/aromatic N) is 1. The minimum atomic E-state index is -0.341. The molecule has 0 fully saturated rings. The van der Waals surface area contributed by atoms with E-state index in [0.29, 0.717) is 16.9 Å². The summed E-state index contributed by atoms with van der Waals surface area (Å²) in [5.41, 5.74) is 2.59. The van der Waals surface area contributed by atoms with Crippen molar-refractivity contribution in [3.05, 3.63) is 54.1 Å². The topological polar surface area (TPSA) is 73.5 Å². The summed E-state index contributed by atoms with van der Waals surface area (Å²) in [6.07, 6.45) is 0. The Morgan fingerprint density at radius 3 is 2.46 bits per heavy atom. The molecule has 0 saturated heterocycles. The highest BCUT2D eigenvalue weighted by Gasteiger charge is 2.14. The van der Waals surface area contributed by atoms with Gasteiger partial charge in [-0.05, 0) is 51.1 Å². The van der Waals surface area contributed by atoms with Gasteiger partial charge < -0.3 is 20.9 Å². The van der Waals surface area contributed by atoms with Gasteiger partial charge in [0.1, 0.15) is 0 Å². The standard InChI is InChI=1S/C20H26N4O2/c1-5-24(4)16-10-8-9-15(13-16)22-19(25)17-11-6-7-12-18(17)23-20(26)21-14(2)3/h6-14H,5H2,1-4H3,(H,22,25)(H2,21,23,26). The van der Waals surface area contributed by atoms with Gasteiger partial charge in [-0.1, -0.05) is 18.2 Å². The third-order valence-corrected chi connectivity index (χ3v) is 3.86. The van der Waals surface area contributed by atoms with E-state index in [1.165, 1.54) is 0 Å². The summed E-state index contributed by atoms with van der Waals surface area (Å²) in [6, 6.07) is 14.2. The van der Waals surface area contributed by atoms with E-state index in [1.54, 1.807) is 24.3 Å². The highest BCUT2D eigenvalue weighted by atomic mass is 16.2. The van der Waals surface area contributed by atoms with Crippen molar-refractivity contribution in [1.82, 2.24) is 5.32 Å². The lowest BCUT2D eigenvalue weighted by molar-refractivity contribution is 0.102. The fourth-order valence-corrected chi connectivity index (χ4v) is 2.41. The minimum Gasteiger partial charge on any atom is -0.375 e. The Bertz CT molecular complexity index is 774. The SMILES string of the molecule is CCN(C)c1cccc(NC(=O)c2ccccc2NC(=O)NC(C)C)c1. The summed E-state index contributed by atoms with van der Waals surface area (Å²) < 4.78 is 0. The third-order valence-electron chi connectivity index (χ3n) is 3.86. The van der Waals surface area contributed by atoms with E-state index in [0.717, 1.165) is 12.2 Å². The van der Waals surface area contributed by atoms with Crippen molar-refractivity contribution in [3.63, 3.8) is 0 Å². The smallest absolute Gasteiger partial charge is 0.319 e. The van der Waals surface area contributed by atoms with Gasteiger partial charge in [0.05, 0.1) is 11.3 Å². The van der Waals surface area contributed by atoms with Crippen molar-refractivity contribution in [2.45, 2.75) is 26.8 Å². The molecule has 0 spiro atoms. The van der Waals surface area contributed by atoms with E-state index in [2.05, 4.69) is 27.8 Å². The first kappa shape index (κ1) is 19.3. The van der Waals surface area contributed by atoms with Gasteiger partial charge >= 0.3 is 6.03 Å². The normalized spacial score (nSPS) is 10.3. The molecule has 3 N–H and O–H groups in total. The molecule has 0 aliphatic carbocycles. The van der Waals surface area contributed by atoms with Crippen LogP contribution in [0.1, 0.15) is 31.1 Å². The number of amides is 3. The Labute approximate surface area is 154 Å². The van der Waals surface area contributed by atoms with Crippen molar-refractivity contribution in [2.24, 2.45) is 0 Å². The van der Waals surface area contributed by atoms with Crippen LogP contribution in [0.25, 0.3) is 0 Å². The lowest BCUT2D eigenvalue weighted by Crippen LogP contribution is -2.34. The Hall–Kier alpha value is -3.02. The second-order valence-electron chi connectivity index (χ2n) is 6.32. The molecule has 6 nitrogen and oxygen atoms in total. The molecule has 0 radical (unpaired) electrons. The summed E-state index contributed by atoms with van der Waals surface area (Å²) in [5.74, 6) is -0.276. The number of para-hydroxylation sites is 1. The number of carbonyl (C=O) groups excluding carboxylic acids is 2. The molecule has 3 amide bonds. The molecule has 0 aliphatic heterocycles. The highest BCUT2D eigenvalue weighted by Crippen LogP contribution is 2.21. The summed E-state index contributed by atoms with van der Waals surface area (Å²) in [5, 5.41) is 8.37. The van der Waals surface area contributed by atoms with E-state index >= 15 is 0 Å². The summed E-state index contributed by atoms with van der Waals surface area (Å²) in [6.45, 7) is 6.68. The molecule has 0 aromatic heterocycles. The van der Waals surface area contributed by atoms with Crippen LogP contribution in [-0.2, 0) is 0 Å². The summed E-state index contributed by atoms with van der Waals surface area (Å²) in [4.78, 5) is 26.7. The van der Waals surface area contributed by atoms with Gasteiger partial charge in [-0.3, -0.25) is 4.79 Å². The summed E-state index contributed by atoms with van der Waals surface area (Å²) in [7, 11) is 1.99. The third kappa shape index (κ3) is 5.24. The fourth-order valence-electron chi connectivity index (χ4n) is 2.41. The van der Waals surface area contributed by atoms with Gasteiger partial charge in [-0.25, -0.2) is 4.79 Å². The maximum Gasteiger partial charge on any atom is 0.319 e. The number of hydrogen-bond acceptors (Lipinski definition) is 3. The molecule has 0 saturated carbocycles. The monoisotopic (exact) mass is 354 g/mol. The van der Waals surface area contributed by atoms with Gasteiger partial charge in [0, 0.05) is 31.0 Å². The Kier molecular flexibility index (Phi) is 6.60. The second-order valence-corrected chi connectivity index (χ2v) is 6.32. The zero-order chi connectivity index (χ0) is 19.1. The number of rotatable bonds is 6. The number of nitrogens with one attached hydrogen (secondary N) is 3. The van der Waals surface area contributed by atoms with E-state index in [-0.39, 0.29) is 18.0 Å². The van der Waals surface area contributed by atoms with Gasteiger partial charge in [0.2, 0.25) is 0 Å². The molecule has 0 aliphatic rings. The molecule has 0 atom stereocenters. The van der Waals surface area contributed by atoms with E-state index < -0.39 is 0 Å². The van der Waals surface area contributed by atoms with Crippen molar-refractivity contribution < 1.29 is 9.59 Å². The van der Waals surface area contributed by atoms with E-state index in [1.807, 2.05) is 45.2 Å². The molecule has 0 bridgehead atoms. The van der Waals surface area contributed by atoms with Gasteiger partial charge in [-0.2, -0.15) is 0 Å². The Morgan fingerprint density at radius 2 is 1.77 bits per heavy atom. The first-order valence-corrected chi connectivity index (χ1v) is 8.69. The van der Waals surface area contributed by atoms with Crippen LogP contribution in [0.15, 0.2) is 48.5 Å². The lowest BCUT2D eigenvalue weighted by Gasteiger charge is -2.18. The number of carbonyl (C=O) groups is 2. The summed E-state index contributed by atoms with van der Waals surface area (Å²) >= 11 is 0. The first-order valence-electron chi connectivity index (χ1n) is 8.69. The van der Waals surface area contributed by atoms with Gasteiger partial charge in [0.15, 0.2) is 0 Å². The second kappa shape index (κ2) is 8.89. The largest absolute Gasteiger partial charge is 0.375 e. The lowest BCUT2D eigenvalue weighted by atomic mass is 10.1. The number of hydrogen-bond donors (Lipinski definition) is 3. The van der Waals surface area contributed by atoms with Crippen molar-refractivity contribution in [2.75, 3.05) is 29.1 Å². The fraction of sp³-hybridized carbons (Fsp3) is 0.300. The van der Waals surface area contributed by atoms with Crippen LogP contribution in [0.2, 0.25) is 0 Å². The number of benzene rings is 2. The Morgan fingerprint density at radius 1 is 1.04 bits per heavy atom. The quantitative estimate of drug-likeness (QED) is 0.736. The predicted molar refractivity (Wildman–Crippen MR) is 107 cm³/mol. The zero-order valence-electron chi connectivity index (χ0n) is 15.7. The van der Waals surface area contributed by atoms with E-state index in [4.69, 9.17) is 0 Å². The van der Waals surface area contributed by atoms with Crippen LogP contribution in [0.5, 0.6) is 0 Å². The van der Waals surface area contributed by atoms with Gasteiger partial charge in [0.25, 0.3) is 5.91 Å². The zero-order valence-corrected chi connectivity index (χ0v) is 15.7. The van der Waals surface area contributed by atoms with Crippen molar-refractivity contribution in [3.8, 4) is 0 Å². The van der Waals surface area contributed by atoms with Crippen LogP contribution >= 0.6 is 0 Å². The maximum atomic E-state index is 12.7. The maximum absolute atomic E-state index is 12.7. The van der Waals surface area contributed by atoms with Crippen molar-refractivity contribution in [1.29, 1.82) is 0 Å². The number of urea groups is 1. The van der Waals surface area contributed by atoms with Crippen LogP contribution in [0.4, 0.5) is 21.9 Å².